The average molecular weight is 241 g/mol. The van der Waals surface area contributed by atoms with Gasteiger partial charge in [-0.1, -0.05) is 17.7 Å². The van der Waals surface area contributed by atoms with Crippen molar-refractivity contribution in [3.05, 3.63) is 23.2 Å². The van der Waals surface area contributed by atoms with Crippen LogP contribution < -0.4 is 11.1 Å². The maximum Gasteiger partial charge on any atom is 0.0747 e. The van der Waals surface area contributed by atoms with E-state index in [-0.39, 0.29) is 0 Å². The second-order valence-corrected chi connectivity index (χ2v) is 4.48. The Morgan fingerprint density at radius 1 is 1.44 bits per heavy atom. The van der Waals surface area contributed by atoms with Crippen molar-refractivity contribution in [1.29, 1.82) is 0 Å². The molecule has 1 aliphatic rings. The zero-order valence-corrected chi connectivity index (χ0v) is 9.96. The van der Waals surface area contributed by atoms with Gasteiger partial charge in [0.15, 0.2) is 0 Å². The van der Waals surface area contributed by atoms with Crippen molar-refractivity contribution in [3.8, 4) is 0 Å². The number of halogens is 1. The number of ether oxygens (including phenoxy) is 1. The normalized spacial score (nSPS) is 20.7. The number of nitrogen functional groups attached to an aromatic ring is 1. The summed E-state index contributed by atoms with van der Waals surface area (Å²) in [6.45, 7) is 1.67. The molecule has 0 aromatic heterocycles. The van der Waals surface area contributed by atoms with Crippen molar-refractivity contribution < 1.29 is 4.74 Å². The number of benzene rings is 1. The lowest BCUT2D eigenvalue weighted by Gasteiger charge is -2.23. The van der Waals surface area contributed by atoms with Crippen LogP contribution in [-0.4, -0.2) is 19.3 Å². The van der Waals surface area contributed by atoms with Crippen LogP contribution in [0, 0.1) is 0 Å². The van der Waals surface area contributed by atoms with Gasteiger partial charge in [-0.2, -0.15) is 0 Å². The number of nitrogens with one attached hydrogen (secondary N) is 1. The predicted molar refractivity (Wildman–Crippen MR) is 67.9 cm³/mol. The van der Waals surface area contributed by atoms with Crippen molar-refractivity contribution in [1.82, 2.24) is 0 Å². The average Bonchev–Trinajstić information content (AvgIpc) is 2.32. The molecule has 0 amide bonds. The minimum atomic E-state index is 0.298. The Hall–Kier alpha value is -0.930. The summed E-state index contributed by atoms with van der Waals surface area (Å²) in [5.74, 6) is 0. The first-order valence-corrected chi connectivity index (χ1v) is 6.04. The number of nitrogens with two attached hydrogens (primary N) is 1. The highest BCUT2D eigenvalue weighted by molar-refractivity contribution is 6.33. The third-order valence-corrected chi connectivity index (χ3v) is 3.18. The Kier molecular flexibility index (Phi) is 3.91. The Labute approximate surface area is 101 Å². The van der Waals surface area contributed by atoms with E-state index in [1.54, 1.807) is 6.07 Å². The second kappa shape index (κ2) is 5.41. The lowest BCUT2D eigenvalue weighted by molar-refractivity contribution is 0.0248. The molecule has 1 heterocycles. The van der Waals surface area contributed by atoms with Gasteiger partial charge in [-0.3, -0.25) is 0 Å². The summed E-state index contributed by atoms with van der Waals surface area (Å²) in [6, 6.07) is 5.62. The fraction of sp³-hybridized carbons (Fsp3) is 0.500. The number of rotatable bonds is 3. The summed E-state index contributed by atoms with van der Waals surface area (Å²) >= 11 is 5.94. The molecule has 0 radical (unpaired) electrons. The van der Waals surface area contributed by atoms with Crippen LogP contribution in [0.5, 0.6) is 0 Å². The van der Waals surface area contributed by atoms with Crippen LogP contribution in [0.15, 0.2) is 18.2 Å². The minimum absolute atomic E-state index is 0.298. The van der Waals surface area contributed by atoms with Crippen LogP contribution in [0.4, 0.5) is 11.4 Å². The second-order valence-electron chi connectivity index (χ2n) is 4.07. The first kappa shape index (κ1) is 11.6. The predicted octanol–water partition coefficient (Wildman–Crippen LogP) is 2.90. The maximum absolute atomic E-state index is 5.94. The van der Waals surface area contributed by atoms with Gasteiger partial charge in [-0.15, -0.1) is 0 Å². The van der Waals surface area contributed by atoms with Crippen LogP contribution in [0.3, 0.4) is 0 Å². The van der Waals surface area contributed by atoms with Crippen LogP contribution in [0.2, 0.25) is 5.02 Å². The third kappa shape index (κ3) is 2.80. The molecule has 88 valence electrons. The number of para-hydroxylation sites is 1. The van der Waals surface area contributed by atoms with E-state index < -0.39 is 0 Å². The largest absolute Gasteiger partial charge is 0.396 e. The first-order valence-electron chi connectivity index (χ1n) is 5.67. The van der Waals surface area contributed by atoms with Crippen molar-refractivity contribution >= 4 is 23.0 Å². The zero-order valence-electron chi connectivity index (χ0n) is 9.21. The molecule has 0 saturated carbocycles. The quantitative estimate of drug-likeness (QED) is 0.799. The molecule has 1 aromatic rings. The molecule has 4 heteroatoms. The van der Waals surface area contributed by atoms with E-state index in [2.05, 4.69) is 5.32 Å². The topological polar surface area (TPSA) is 47.3 Å². The Morgan fingerprint density at radius 2 is 2.31 bits per heavy atom. The van der Waals surface area contributed by atoms with Gasteiger partial charge in [0.2, 0.25) is 0 Å². The van der Waals surface area contributed by atoms with E-state index >= 15 is 0 Å². The van der Waals surface area contributed by atoms with E-state index in [0.717, 1.165) is 25.3 Å². The van der Waals surface area contributed by atoms with E-state index in [9.17, 15) is 0 Å². The number of anilines is 2. The van der Waals surface area contributed by atoms with E-state index in [1.165, 1.54) is 12.8 Å². The van der Waals surface area contributed by atoms with Gasteiger partial charge in [-0.25, -0.2) is 0 Å². The van der Waals surface area contributed by atoms with Crippen LogP contribution in [0.25, 0.3) is 0 Å². The monoisotopic (exact) mass is 240 g/mol. The lowest BCUT2D eigenvalue weighted by atomic mass is 10.1. The SMILES string of the molecule is Nc1c(Cl)cccc1NCC1CCCCO1. The molecular formula is C12H17ClN2O. The maximum atomic E-state index is 5.94. The summed E-state index contributed by atoms with van der Waals surface area (Å²) in [6.07, 6.45) is 3.84. The molecule has 1 fully saturated rings. The van der Waals surface area contributed by atoms with Crippen LogP contribution in [-0.2, 0) is 4.74 Å². The van der Waals surface area contributed by atoms with Crippen molar-refractivity contribution in [2.75, 3.05) is 24.2 Å². The molecule has 0 aliphatic carbocycles. The van der Waals surface area contributed by atoms with Gasteiger partial charge in [0.05, 0.1) is 22.5 Å². The fourth-order valence-electron chi connectivity index (χ4n) is 1.88. The van der Waals surface area contributed by atoms with Crippen molar-refractivity contribution in [2.24, 2.45) is 0 Å². The summed E-state index contributed by atoms with van der Waals surface area (Å²) < 4.78 is 5.63. The zero-order chi connectivity index (χ0) is 11.4. The molecule has 1 atom stereocenters. The van der Waals surface area contributed by atoms with E-state index in [0.29, 0.717) is 16.8 Å². The first-order chi connectivity index (χ1) is 7.77. The standard InChI is InChI=1S/C12H17ClN2O/c13-10-5-3-6-11(12(10)14)15-8-9-4-1-2-7-16-9/h3,5-6,9,15H,1-2,4,7-8,14H2. The molecule has 0 spiro atoms. The molecule has 3 N–H and O–H groups in total. The summed E-state index contributed by atoms with van der Waals surface area (Å²) in [4.78, 5) is 0. The Morgan fingerprint density at radius 3 is 3.06 bits per heavy atom. The molecule has 1 aromatic carbocycles. The molecule has 1 saturated heterocycles. The van der Waals surface area contributed by atoms with E-state index in [1.807, 2.05) is 12.1 Å². The fourth-order valence-corrected chi connectivity index (χ4v) is 2.06. The summed E-state index contributed by atoms with van der Waals surface area (Å²) in [5, 5.41) is 3.88. The summed E-state index contributed by atoms with van der Waals surface area (Å²) in [7, 11) is 0. The van der Waals surface area contributed by atoms with Gasteiger partial charge in [0, 0.05) is 13.2 Å². The number of hydrogen-bond donors (Lipinski definition) is 2. The molecule has 0 bridgehead atoms. The lowest BCUT2D eigenvalue weighted by Crippen LogP contribution is -2.27. The minimum Gasteiger partial charge on any atom is -0.396 e. The highest BCUT2D eigenvalue weighted by atomic mass is 35.5. The highest BCUT2D eigenvalue weighted by Gasteiger charge is 2.13. The van der Waals surface area contributed by atoms with E-state index in [4.69, 9.17) is 22.1 Å². The van der Waals surface area contributed by atoms with Gasteiger partial charge >= 0.3 is 0 Å². The molecule has 16 heavy (non-hydrogen) atoms. The Balaban J connectivity index is 1.91. The van der Waals surface area contributed by atoms with Crippen LogP contribution >= 0.6 is 11.6 Å². The molecular weight excluding hydrogens is 224 g/mol. The molecule has 1 unspecified atom stereocenters. The third-order valence-electron chi connectivity index (χ3n) is 2.85. The molecule has 1 aliphatic heterocycles. The highest BCUT2D eigenvalue weighted by Crippen LogP contribution is 2.27. The van der Waals surface area contributed by atoms with Gasteiger partial charge in [0.25, 0.3) is 0 Å². The van der Waals surface area contributed by atoms with Crippen molar-refractivity contribution in [2.45, 2.75) is 25.4 Å². The molecule has 2 rings (SSSR count). The number of hydrogen-bond acceptors (Lipinski definition) is 3. The van der Waals surface area contributed by atoms with Crippen molar-refractivity contribution in [3.63, 3.8) is 0 Å². The smallest absolute Gasteiger partial charge is 0.0747 e. The summed E-state index contributed by atoms with van der Waals surface area (Å²) in [5.41, 5.74) is 7.36. The van der Waals surface area contributed by atoms with Gasteiger partial charge in [-0.05, 0) is 31.4 Å². The Bertz CT molecular complexity index is 351. The van der Waals surface area contributed by atoms with Gasteiger partial charge < -0.3 is 15.8 Å². The molecule has 3 nitrogen and oxygen atoms in total. The van der Waals surface area contributed by atoms with Crippen LogP contribution in [0.1, 0.15) is 19.3 Å². The van der Waals surface area contributed by atoms with Gasteiger partial charge in [0.1, 0.15) is 0 Å².